The van der Waals surface area contributed by atoms with Gasteiger partial charge in [-0.15, -0.1) is 0 Å². The van der Waals surface area contributed by atoms with E-state index in [2.05, 4.69) is 4.98 Å². The summed E-state index contributed by atoms with van der Waals surface area (Å²) in [6, 6.07) is 5.55. The third-order valence-electron chi connectivity index (χ3n) is 5.97. The minimum absolute atomic E-state index is 0.0172. The summed E-state index contributed by atoms with van der Waals surface area (Å²) in [7, 11) is 0. The Kier molecular flexibility index (Phi) is 4.97. The molecule has 1 aromatic carbocycles. The first kappa shape index (κ1) is 20.6. The molecule has 1 aliphatic rings. The molecule has 1 atom stereocenters. The number of hydrogen-bond donors (Lipinski definition) is 1. The lowest BCUT2D eigenvalue weighted by Gasteiger charge is -2.14. The summed E-state index contributed by atoms with van der Waals surface area (Å²) in [5.41, 5.74) is 4.14. The Hall–Kier alpha value is -2.67. The van der Waals surface area contributed by atoms with E-state index in [4.69, 9.17) is 0 Å². The summed E-state index contributed by atoms with van der Waals surface area (Å²) in [4.78, 5) is 17.7. The number of alkyl halides is 3. The van der Waals surface area contributed by atoms with Crippen LogP contribution in [0.2, 0.25) is 0 Å². The highest BCUT2D eigenvalue weighted by Crippen LogP contribution is 2.38. The lowest BCUT2D eigenvalue weighted by atomic mass is 9.96. The van der Waals surface area contributed by atoms with Gasteiger partial charge in [0, 0.05) is 23.1 Å². The van der Waals surface area contributed by atoms with E-state index in [1.54, 1.807) is 11.5 Å². The summed E-state index contributed by atoms with van der Waals surface area (Å²) in [6.45, 7) is 5.93. The number of rotatable bonds is 4. The first-order chi connectivity index (χ1) is 14.2. The van der Waals surface area contributed by atoms with Crippen molar-refractivity contribution in [1.82, 2.24) is 9.55 Å². The molecular formula is C23H23F3N2O2. The van der Waals surface area contributed by atoms with Crippen LogP contribution < -0.4 is 5.56 Å². The number of benzene rings is 1. The molecule has 0 fully saturated rings. The second-order valence-corrected chi connectivity index (χ2v) is 8.06. The van der Waals surface area contributed by atoms with Gasteiger partial charge in [0.15, 0.2) is 0 Å². The van der Waals surface area contributed by atoms with E-state index >= 15 is 0 Å². The third kappa shape index (κ3) is 3.21. The van der Waals surface area contributed by atoms with Gasteiger partial charge in [-0.2, -0.15) is 13.2 Å². The molecule has 3 heterocycles. The van der Waals surface area contributed by atoms with Crippen LogP contribution in [0.15, 0.2) is 29.1 Å². The number of pyridine rings is 2. The molecule has 4 nitrogen and oxygen atoms in total. The van der Waals surface area contributed by atoms with Crippen molar-refractivity contribution in [3.05, 3.63) is 62.4 Å². The van der Waals surface area contributed by atoms with Gasteiger partial charge in [0.2, 0.25) is 0 Å². The van der Waals surface area contributed by atoms with Crippen LogP contribution in [0.4, 0.5) is 13.2 Å². The minimum atomic E-state index is -4.42. The predicted molar refractivity (Wildman–Crippen MR) is 110 cm³/mol. The monoisotopic (exact) mass is 416 g/mol. The lowest BCUT2D eigenvalue weighted by Crippen LogP contribution is -2.24. The average molecular weight is 416 g/mol. The maximum absolute atomic E-state index is 13.2. The number of halogens is 3. The number of hydrogen-bond acceptors (Lipinski definition) is 3. The fourth-order valence-electron chi connectivity index (χ4n) is 4.29. The van der Waals surface area contributed by atoms with Crippen molar-refractivity contribution in [2.24, 2.45) is 5.92 Å². The molecule has 1 N–H and O–H groups in total. The molecule has 1 aliphatic heterocycles. The van der Waals surface area contributed by atoms with Crippen LogP contribution in [0.5, 0.6) is 0 Å². The zero-order chi connectivity index (χ0) is 21.8. The molecule has 158 valence electrons. The Balaban J connectivity index is 1.95. The Morgan fingerprint density at radius 3 is 2.63 bits per heavy atom. The van der Waals surface area contributed by atoms with Crippen LogP contribution >= 0.6 is 0 Å². The summed E-state index contributed by atoms with van der Waals surface area (Å²) in [5, 5.41) is 9.88. The number of fused-ring (bicyclic) bond motifs is 4. The van der Waals surface area contributed by atoms with Gasteiger partial charge in [0.1, 0.15) is 0 Å². The smallest absolute Gasteiger partial charge is 0.396 e. The van der Waals surface area contributed by atoms with E-state index in [0.717, 1.165) is 28.8 Å². The second-order valence-electron chi connectivity index (χ2n) is 8.06. The third-order valence-corrected chi connectivity index (χ3v) is 5.97. The largest absolute Gasteiger partial charge is 0.416 e. The molecule has 0 bridgehead atoms. The minimum Gasteiger partial charge on any atom is -0.396 e. The Bertz CT molecular complexity index is 1210. The van der Waals surface area contributed by atoms with Crippen molar-refractivity contribution in [2.45, 2.75) is 46.3 Å². The van der Waals surface area contributed by atoms with Gasteiger partial charge in [-0.25, -0.2) is 4.98 Å². The number of aliphatic hydroxyl groups is 1. The van der Waals surface area contributed by atoms with Crippen molar-refractivity contribution >= 4 is 10.9 Å². The summed E-state index contributed by atoms with van der Waals surface area (Å²) < 4.78 is 41.4. The summed E-state index contributed by atoms with van der Waals surface area (Å²) in [6.07, 6.45) is -3.31. The van der Waals surface area contributed by atoms with Crippen molar-refractivity contribution in [3.8, 4) is 11.4 Å². The van der Waals surface area contributed by atoms with Gasteiger partial charge in [-0.05, 0) is 61.1 Å². The Morgan fingerprint density at radius 2 is 2.00 bits per heavy atom. The standard InChI is InChI=1S/C23H23F3N2O2/c1-4-16-17-9-15(23(24,25)26)5-6-19(17)27-21-18(16)10-28-20(21)8-14(7-12(2)11-29)13(3)22(28)30/h5-6,8-9,12,29H,4,7,10-11H2,1-3H3. The van der Waals surface area contributed by atoms with E-state index < -0.39 is 11.7 Å². The van der Waals surface area contributed by atoms with Gasteiger partial charge >= 0.3 is 6.18 Å². The molecule has 0 aliphatic carbocycles. The average Bonchev–Trinajstić information content (AvgIpc) is 3.06. The zero-order valence-electron chi connectivity index (χ0n) is 17.1. The van der Waals surface area contributed by atoms with Gasteiger partial charge in [-0.3, -0.25) is 4.79 Å². The quantitative estimate of drug-likeness (QED) is 0.534. The highest BCUT2D eigenvalue weighted by atomic mass is 19.4. The molecule has 0 amide bonds. The maximum Gasteiger partial charge on any atom is 0.416 e. The van der Waals surface area contributed by atoms with E-state index in [9.17, 15) is 23.1 Å². The number of nitrogens with zero attached hydrogens (tertiary/aromatic N) is 2. The highest BCUT2D eigenvalue weighted by Gasteiger charge is 2.32. The molecule has 0 saturated carbocycles. The fraction of sp³-hybridized carbons (Fsp3) is 0.391. The first-order valence-electron chi connectivity index (χ1n) is 10.0. The summed E-state index contributed by atoms with van der Waals surface area (Å²) in [5.74, 6) is 0.0172. The SMILES string of the molecule is CCc1c2c(nc3ccc(C(F)(F)F)cc13)-c1cc(CC(C)CO)c(C)c(=O)n1C2. The molecular weight excluding hydrogens is 393 g/mol. The van der Waals surface area contributed by atoms with Crippen molar-refractivity contribution in [1.29, 1.82) is 0 Å². The molecule has 2 aromatic heterocycles. The van der Waals surface area contributed by atoms with Gasteiger partial charge < -0.3 is 9.67 Å². The summed E-state index contributed by atoms with van der Waals surface area (Å²) >= 11 is 0. The number of aryl methyl sites for hydroxylation is 1. The molecule has 4 rings (SSSR count). The van der Waals surface area contributed by atoms with Gasteiger partial charge in [-0.1, -0.05) is 13.8 Å². The van der Waals surface area contributed by atoms with Crippen LogP contribution in [0.3, 0.4) is 0 Å². The van der Waals surface area contributed by atoms with Gasteiger partial charge in [0.25, 0.3) is 5.56 Å². The molecule has 30 heavy (non-hydrogen) atoms. The first-order valence-corrected chi connectivity index (χ1v) is 10.0. The number of aromatic nitrogens is 2. The molecule has 7 heteroatoms. The lowest BCUT2D eigenvalue weighted by molar-refractivity contribution is -0.137. The number of aliphatic hydroxyl groups excluding tert-OH is 1. The van der Waals surface area contributed by atoms with Crippen molar-refractivity contribution in [3.63, 3.8) is 0 Å². The second kappa shape index (κ2) is 7.23. The van der Waals surface area contributed by atoms with Crippen LogP contribution in [-0.4, -0.2) is 21.3 Å². The highest BCUT2D eigenvalue weighted by molar-refractivity contribution is 5.88. The zero-order valence-corrected chi connectivity index (χ0v) is 17.1. The van der Waals surface area contributed by atoms with Crippen molar-refractivity contribution in [2.75, 3.05) is 6.61 Å². The molecule has 3 aromatic rings. The molecule has 0 saturated heterocycles. The fourth-order valence-corrected chi connectivity index (χ4v) is 4.29. The topological polar surface area (TPSA) is 55.1 Å². The Morgan fingerprint density at radius 1 is 1.27 bits per heavy atom. The van der Waals surface area contributed by atoms with E-state index in [1.807, 2.05) is 19.9 Å². The van der Waals surface area contributed by atoms with Crippen LogP contribution in [0.25, 0.3) is 22.3 Å². The van der Waals surface area contributed by atoms with Crippen LogP contribution in [0, 0.1) is 12.8 Å². The molecule has 1 unspecified atom stereocenters. The predicted octanol–water partition coefficient (Wildman–Crippen LogP) is 4.49. The van der Waals surface area contributed by atoms with Gasteiger partial charge in [0.05, 0.1) is 29.0 Å². The van der Waals surface area contributed by atoms with E-state index in [1.165, 1.54) is 6.07 Å². The normalized spacial score (nSPS) is 14.1. The Labute approximate surface area is 172 Å². The van der Waals surface area contributed by atoms with Crippen LogP contribution in [-0.2, 0) is 25.6 Å². The van der Waals surface area contributed by atoms with E-state index in [-0.39, 0.29) is 18.1 Å². The molecule has 0 radical (unpaired) electrons. The van der Waals surface area contributed by atoms with Crippen molar-refractivity contribution < 1.29 is 18.3 Å². The van der Waals surface area contributed by atoms with Crippen LogP contribution in [0.1, 0.15) is 41.7 Å². The van der Waals surface area contributed by atoms with E-state index in [0.29, 0.717) is 47.2 Å². The molecule has 0 spiro atoms. The maximum atomic E-state index is 13.2.